The highest BCUT2D eigenvalue weighted by molar-refractivity contribution is 6.36. The first kappa shape index (κ1) is 16.5. The summed E-state index contributed by atoms with van der Waals surface area (Å²) in [4.78, 5) is 9.18. The fourth-order valence-corrected chi connectivity index (χ4v) is 3.97. The Kier molecular flexibility index (Phi) is 3.80. The standard InChI is InChI=1S/C18H15Cl2N5O2/c19-9-3-1-4-10(20)15(9)16-23-17(21)24-18-22-11-7-13-14(8-12(11)25(16)18)27-6-2-5-26-13/h1,3-4,7-8,16H,2,5-6H2,(H3,21,22,23,24)/t16-/m1/s1. The van der Waals surface area contributed by atoms with Gasteiger partial charge in [-0.1, -0.05) is 29.3 Å². The first-order valence-electron chi connectivity index (χ1n) is 8.47. The van der Waals surface area contributed by atoms with Gasteiger partial charge in [-0.25, -0.2) is 9.98 Å². The van der Waals surface area contributed by atoms with Crippen molar-refractivity contribution in [2.45, 2.75) is 12.6 Å². The van der Waals surface area contributed by atoms with E-state index in [0.29, 0.717) is 46.3 Å². The summed E-state index contributed by atoms with van der Waals surface area (Å²) in [5.74, 6) is 2.15. The molecule has 0 unspecified atom stereocenters. The Bertz CT molecular complexity index is 1070. The van der Waals surface area contributed by atoms with Crippen molar-refractivity contribution >= 4 is 46.1 Å². The van der Waals surface area contributed by atoms with E-state index >= 15 is 0 Å². The molecule has 0 radical (unpaired) electrons. The van der Waals surface area contributed by atoms with Crippen molar-refractivity contribution in [1.29, 1.82) is 0 Å². The van der Waals surface area contributed by atoms with Gasteiger partial charge in [-0.2, -0.15) is 0 Å². The highest BCUT2D eigenvalue weighted by Gasteiger charge is 2.29. The Balaban J connectivity index is 1.75. The molecule has 9 heteroatoms. The molecule has 0 saturated carbocycles. The van der Waals surface area contributed by atoms with Crippen LogP contribution in [0.1, 0.15) is 18.2 Å². The number of nitrogens with one attached hydrogen (secondary N) is 1. The molecule has 0 saturated heterocycles. The molecule has 0 amide bonds. The van der Waals surface area contributed by atoms with E-state index in [9.17, 15) is 0 Å². The number of aromatic nitrogens is 2. The number of anilines is 1. The lowest BCUT2D eigenvalue weighted by atomic mass is 10.1. The summed E-state index contributed by atoms with van der Waals surface area (Å²) < 4.78 is 13.5. The van der Waals surface area contributed by atoms with E-state index in [1.165, 1.54) is 0 Å². The van der Waals surface area contributed by atoms with Crippen molar-refractivity contribution in [3.8, 4) is 11.5 Å². The summed E-state index contributed by atoms with van der Waals surface area (Å²) >= 11 is 12.9. The van der Waals surface area contributed by atoms with Gasteiger partial charge in [0.05, 0.1) is 24.2 Å². The van der Waals surface area contributed by atoms with Crippen molar-refractivity contribution in [3.05, 3.63) is 45.9 Å². The molecule has 7 nitrogen and oxygen atoms in total. The third kappa shape index (κ3) is 2.65. The molecule has 138 valence electrons. The number of guanidine groups is 1. The predicted octanol–water partition coefficient (Wildman–Crippen LogP) is 3.79. The van der Waals surface area contributed by atoms with Crippen LogP contribution in [-0.2, 0) is 0 Å². The van der Waals surface area contributed by atoms with Crippen LogP contribution in [-0.4, -0.2) is 28.7 Å². The maximum atomic E-state index is 6.44. The number of ether oxygens (including phenoxy) is 2. The van der Waals surface area contributed by atoms with Crippen LogP contribution in [0.2, 0.25) is 10.0 Å². The number of benzene rings is 2. The van der Waals surface area contributed by atoms with E-state index in [1.54, 1.807) is 18.2 Å². The van der Waals surface area contributed by atoms with Crippen LogP contribution >= 0.6 is 23.2 Å². The Morgan fingerprint density at radius 3 is 2.56 bits per heavy atom. The van der Waals surface area contributed by atoms with Crippen molar-refractivity contribution in [3.63, 3.8) is 0 Å². The summed E-state index contributed by atoms with van der Waals surface area (Å²) in [7, 11) is 0. The van der Waals surface area contributed by atoms with Gasteiger partial charge in [0, 0.05) is 34.2 Å². The Hall–Kier alpha value is -2.64. The Morgan fingerprint density at radius 2 is 1.81 bits per heavy atom. The average Bonchev–Trinajstić information content (AvgIpc) is 2.81. The van der Waals surface area contributed by atoms with Crippen molar-refractivity contribution in [1.82, 2.24) is 9.55 Å². The maximum Gasteiger partial charge on any atom is 0.212 e. The number of aliphatic imine (C=N–C) groups is 1. The number of fused-ring (bicyclic) bond motifs is 4. The summed E-state index contributed by atoms with van der Waals surface area (Å²) in [6, 6.07) is 9.12. The van der Waals surface area contributed by atoms with Gasteiger partial charge in [-0.05, 0) is 12.1 Å². The summed E-state index contributed by atoms with van der Waals surface area (Å²) in [5.41, 5.74) is 8.21. The highest BCUT2D eigenvalue weighted by atomic mass is 35.5. The van der Waals surface area contributed by atoms with E-state index in [4.69, 9.17) is 38.4 Å². The summed E-state index contributed by atoms with van der Waals surface area (Å²) in [6.45, 7) is 1.21. The minimum atomic E-state index is -0.544. The molecule has 3 heterocycles. The molecule has 0 fully saturated rings. The topological polar surface area (TPSA) is 86.7 Å². The number of hydrogen-bond acceptors (Lipinski definition) is 6. The molecule has 1 aromatic heterocycles. The number of rotatable bonds is 1. The smallest absolute Gasteiger partial charge is 0.212 e. The summed E-state index contributed by atoms with van der Waals surface area (Å²) in [6.07, 6.45) is 0.287. The molecule has 0 spiro atoms. The molecular weight excluding hydrogens is 389 g/mol. The highest BCUT2D eigenvalue weighted by Crippen LogP contribution is 2.41. The van der Waals surface area contributed by atoms with Gasteiger partial charge in [0.2, 0.25) is 5.95 Å². The summed E-state index contributed by atoms with van der Waals surface area (Å²) in [5, 5.41) is 4.02. The van der Waals surface area contributed by atoms with Crippen LogP contribution in [0.4, 0.5) is 5.95 Å². The van der Waals surface area contributed by atoms with Crippen LogP contribution in [0.5, 0.6) is 11.5 Å². The molecule has 27 heavy (non-hydrogen) atoms. The molecule has 2 aliphatic heterocycles. The Labute approximate surface area is 164 Å². The number of nitrogens with zero attached hydrogens (tertiary/aromatic N) is 3. The van der Waals surface area contributed by atoms with Gasteiger partial charge in [0.25, 0.3) is 0 Å². The van der Waals surface area contributed by atoms with Crippen LogP contribution in [0, 0.1) is 0 Å². The molecule has 5 rings (SSSR count). The second kappa shape index (κ2) is 6.21. The molecule has 3 aromatic rings. The average molecular weight is 404 g/mol. The third-order valence-electron chi connectivity index (χ3n) is 4.56. The number of halogens is 2. The van der Waals surface area contributed by atoms with Gasteiger partial charge in [0.15, 0.2) is 23.6 Å². The maximum absolute atomic E-state index is 6.44. The lowest BCUT2D eigenvalue weighted by Gasteiger charge is -2.25. The van der Waals surface area contributed by atoms with E-state index in [0.717, 1.165) is 17.5 Å². The molecule has 3 N–H and O–H groups in total. The quantitative estimate of drug-likeness (QED) is 0.645. The first-order chi connectivity index (χ1) is 13.1. The minimum absolute atomic E-state index is 0.243. The predicted molar refractivity (Wildman–Crippen MR) is 105 cm³/mol. The second-order valence-electron chi connectivity index (χ2n) is 6.29. The SMILES string of the molecule is NC1=N[C@@H](c2c(Cl)cccc2Cl)n2c(nc3cc4c(cc32)OCCCO4)N1. The number of imidazole rings is 1. The van der Waals surface area contributed by atoms with Crippen LogP contribution < -0.4 is 20.5 Å². The van der Waals surface area contributed by atoms with Gasteiger partial charge in [0.1, 0.15) is 0 Å². The van der Waals surface area contributed by atoms with E-state index < -0.39 is 6.17 Å². The lowest BCUT2D eigenvalue weighted by molar-refractivity contribution is 0.297. The minimum Gasteiger partial charge on any atom is -0.489 e. The molecule has 1 atom stereocenters. The van der Waals surface area contributed by atoms with Gasteiger partial charge < -0.3 is 15.2 Å². The monoisotopic (exact) mass is 403 g/mol. The van der Waals surface area contributed by atoms with Gasteiger partial charge in [-0.15, -0.1) is 0 Å². The fourth-order valence-electron chi connectivity index (χ4n) is 3.37. The molecular formula is C18H15Cl2N5O2. The zero-order chi connectivity index (χ0) is 18.5. The van der Waals surface area contributed by atoms with Crippen molar-refractivity contribution in [2.24, 2.45) is 10.7 Å². The first-order valence-corrected chi connectivity index (χ1v) is 9.23. The van der Waals surface area contributed by atoms with Crippen LogP contribution in [0.15, 0.2) is 35.3 Å². The second-order valence-corrected chi connectivity index (χ2v) is 7.11. The normalized spacial score (nSPS) is 18.4. The third-order valence-corrected chi connectivity index (χ3v) is 5.22. The van der Waals surface area contributed by atoms with Crippen LogP contribution in [0.3, 0.4) is 0 Å². The molecule has 2 aliphatic rings. The van der Waals surface area contributed by atoms with Crippen molar-refractivity contribution in [2.75, 3.05) is 18.5 Å². The zero-order valence-corrected chi connectivity index (χ0v) is 15.6. The van der Waals surface area contributed by atoms with Crippen molar-refractivity contribution < 1.29 is 9.47 Å². The largest absolute Gasteiger partial charge is 0.489 e. The van der Waals surface area contributed by atoms with Gasteiger partial charge >= 0.3 is 0 Å². The Morgan fingerprint density at radius 1 is 1.11 bits per heavy atom. The fraction of sp³-hybridized carbons (Fsp3) is 0.222. The lowest BCUT2D eigenvalue weighted by Crippen LogP contribution is -2.31. The zero-order valence-electron chi connectivity index (χ0n) is 14.1. The number of hydrogen-bond donors (Lipinski definition) is 2. The number of nitrogens with two attached hydrogens (primary N) is 1. The van der Waals surface area contributed by atoms with Gasteiger partial charge in [-0.3, -0.25) is 9.88 Å². The molecule has 0 bridgehead atoms. The molecule has 0 aliphatic carbocycles. The van der Waals surface area contributed by atoms with E-state index in [1.807, 2.05) is 16.7 Å². The van der Waals surface area contributed by atoms with E-state index in [2.05, 4.69) is 15.3 Å². The van der Waals surface area contributed by atoms with Crippen LogP contribution in [0.25, 0.3) is 11.0 Å². The molecule has 2 aromatic carbocycles. The van der Waals surface area contributed by atoms with E-state index in [-0.39, 0.29) is 5.96 Å².